The average molecular weight is 285 g/mol. The Kier molecular flexibility index (Phi) is 4.18. The van der Waals surface area contributed by atoms with Gasteiger partial charge < -0.3 is 5.32 Å². The molecule has 2 heterocycles. The van der Waals surface area contributed by atoms with Crippen molar-refractivity contribution in [2.24, 2.45) is 0 Å². The summed E-state index contributed by atoms with van der Waals surface area (Å²) in [4.78, 5) is 9.22. The van der Waals surface area contributed by atoms with Crippen LogP contribution >= 0.6 is 0 Å². The second-order valence-corrected chi connectivity index (χ2v) is 5.66. The summed E-state index contributed by atoms with van der Waals surface area (Å²) in [5, 5.41) is 8.02. The van der Waals surface area contributed by atoms with Crippen LogP contribution in [0, 0.1) is 0 Å². The zero-order valence-electron chi connectivity index (χ0n) is 12.8. The highest BCUT2D eigenvalue weighted by Crippen LogP contribution is 2.39. The molecular formula is C16H23N5. The van der Waals surface area contributed by atoms with Crippen LogP contribution in [0.5, 0.6) is 0 Å². The molecule has 0 aliphatic heterocycles. The van der Waals surface area contributed by atoms with Crippen molar-refractivity contribution in [3.05, 3.63) is 29.8 Å². The van der Waals surface area contributed by atoms with E-state index in [9.17, 15) is 0 Å². The zero-order chi connectivity index (χ0) is 14.7. The largest absolute Gasteiger partial charge is 0.370 e. The van der Waals surface area contributed by atoms with Gasteiger partial charge in [-0.2, -0.15) is 5.10 Å². The van der Waals surface area contributed by atoms with E-state index in [1.807, 2.05) is 16.9 Å². The molecule has 5 nitrogen and oxygen atoms in total. The van der Waals surface area contributed by atoms with Crippen molar-refractivity contribution >= 4 is 5.82 Å². The van der Waals surface area contributed by atoms with Crippen LogP contribution in [0.4, 0.5) is 5.82 Å². The van der Waals surface area contributed by atoms with Crippen LogP contribution in [-0.2, 0) is 6.42 Å². The molecule has 2 aromatic rings. The maximum atomic E-state index is 4.66. The Morgan fingerprint density at radius 1 is 1.24 bits per heavy atom. The molecule has 0 unspecified atom stereocenters. The van der Waals surface area contributed by atoms with Gasteiger partial charge >= 0.3 is 0 Å². The van der Waals surface area contributed by atoms with Crippen molar-refractivity contribution in [1.29, 1.82) is 0 Å². The van der Waals surface area contributed by atoms with E-state index in [0.717, 1.165) is 43.3 Å². The Morgan fingerprint density at radius 3 is 2.81 bits per heavy atom. The van der Waals surface area contributed by atoms with Gasteiger partial charge in [0, 0.05) is 31.1 Å². The van der Waals surface area contributed by atoms with E-state index in [-0.39, 0.29) is 0 Å². The average Bonchev–Trinajstić information content (AvgIpc) is 3.22. The summed E-state index contributed by atoms with van der Waals surface area (Å²) in [7, 11) is 0. The van der Waals surface area contributed by atoms with E-state index < -0.39 is 0 Å². The lowest BCUT2D eigenvalue weighted by Gasteiger charge is -2.09. The first kappa shape index (κ1) is 14.0. The predicted octanol–water partition coefficient (Wildman–Crippen LogP) is 3.31. The van der Waals surface area contributed by atoms with Crippen molar-refractivity contribution in [2.45, 2.75) is 51.9 Å². The van der Waals surface area contributed by atoms with Gasteiger partial charge in [-0.1, -0.05) is 13.8 Å². The molecule has 0 bridgehead atoms. The summed E-state index contributed by atoms with van der Waals surface area (Å²) >= 11 is 0. The highest BCUT2D eigenvalue weighted by molar-refractivity contribution is 5.41. The van der Waals surface area contributed by atoms with E-state index in [1.54, 1.807) is 0 Å². The lowest BCUT2D eigenvalue weighted by atomic mass is 10.3. The van der Waals surface area contributed by atoms with Gasteiger partial charge in [0.15, 0.2) is 5.82 Å². The van der Waals surface area contributed by atoms with Crippen LogP contribution in [0.25, 0.3) is 5.82 Å². The van der Waals surface area contributed by atoms with Crippen LogP contribution in [0.15, 0.2) is 18.3 Å². The van der Waals surface area contributed by atoms with E-state index in [4.69, 9.17) is 0 Å². The first-order valence-electron chi connectivity index (χ1n) is 7.98. The molecule has 3 rings (SSSR count). The third-order valence-electron chi connectivity index (χ3n) is 3.63. The third-order valence-corrected chi connectivity index (χ3v) is 3.63. The number of hydrogen-bond acceptors (Lipinski definition) is 4. The Balaban J connectivity index is 1.88. The number of hydrogen-bond donors (Lipinski definition) is 1. The first-order valence-corrected chi connectivity index (χ1v) is 7.98. The number of nitrogens with zero attached hydrogens (tertiary/aromatic N) is 4. The fourth-order valence-electron chi connectivity index (χ4n) is 2.34. The number of aryl methyl sites for hydroxylation is 1. The van der Waals surface area contributed by atoms with Gasteiger partial charge in [-0.3, -0.25) is 0 Å². The zero-order valence-corrected chi connectivity index (χ0v) is 12.8. The van der Waals surface area contributed by atoms with E-state index in [1.165, 1.54) is 18.5 Å². The highest BCUT2D eigenvalue weighted by atomic mass is 15.3. The van der Waals surface area contributed by atoms with Crippen molar-refractivity contribution in [1.82, 2.24) is 19.7 Å². The number of aromatic nitrogens is 4. The Morgan fingerprint density at radius 2 is 2.10 bits per heavy atom. The quantitative estimate of drug-likeness (QED) is 0.848. The summed E-state index contributed by atoms with van der Waals surface area (Å²) in [5.74, 6) is 3.31. The van der Waals surface area contributed by atoms with Gasteiger partial charge in [0.2, 0.25) is 0 Å². The minimum atomic E-state index is 0.667. The molecule has 21 heavy (non-hydrogen) atoms. The van der Waals surface area contributed by atoms with Gasteiger partial charge in [-0.05, 0) is 31.7 Å². The summed E-state index contributed by atoms with van der Waals surface area (Å²) in [6, 6.07) is 4.09. The molecule has 5 heteroatoms. The summed E-state index contributed by atoms with van der Waals surface area (Å²) in [6.07, 6.45) is 7.57. The smallest absolute Gasteiger partial charge is 0.159 e. The molecule has 0 amide bonds. The molecule has 1 aliphatic carbocycles. The van der Waals surface area contributed by atoms with Gasteiger partial charge in [0.05, 0.1) is 5.69 Å². The number of anilines is 1. The van der Waals surface area contributed by atoms with Crippen molar-refractivity contribution in [2.75, 3.05) is 11.9 Å². The minimum Gasteiger partial charge on any atom is -0.370 e. The van der Waals surface area contributed by atoms with Gasteiger partial charge in [-0.15, -0.1) is 0 Å². The van der Waals surface area contributed by atoms with Gasteiger partial charge in [0.1, 0.15) is 11.6 Å². The molecule has 1 saturated carbocycles. The van der Waals surface area contributed by atoms with Gasteiger partial charge in [0.25, 0.3) is 0 Å². The van der Waals surface area contributed by atoms with Crippen molar-refractivity contribution in [3.8, 4) is 5.82 Å². The molecule has 1 aliphatic rings. The molecule has 0 radical (unpaired) electrons. The molecule has 0 spiro atoms. The summed E-state index contributed by atoms with van der Waals surface area (Å²) in [6.45, 7) is 5.22. The van der Waals surface area contributed by atoms with Crippen LogP contribution in [0.2, 0.25) is 0 Å². The molecular weight excluding hydrogens is 262 g/mol. The fourth-order valence-corrected chi connectivity index (χ4v) is 2.34. The molecule has 2 aromatic heterocycles. The predicted molar refractivity (Wildman–Crippen MR) is 83.9 cm³/mol. The minimum absolute atomic E-state index is 0.667. The molecule has 0 aromatic carbocycles. The number of nitrogens with one attached hydrogen (secondary N) is 1. The van der Waals surface area contributed by atoms with Crippen LogP contribution in [0.1, 0.15) is 57.0 Å². The maximum Gasteiger partial charge on any atom is 0.159 e. The molecule has 0 atom stereocenters. The molecule has 0 saturated heterocycles. The van der Waals surface area contributed by atoms with Crippen LogP contribution in [-0.4, -0.2) is 26.3 Å². The third kappa shape index (κ3) is 3.40. The Hall–Kier alpha value is -1.91. The van der Waals surface area contributed by atoms with Crippen LogP contribution in [0.3, 0.4) is 0 Å². The van der Waals surface area contributed by atoms with E-state index in [0.29, 0.717) is 5.92 Å². The van der Waals surface area contributed by atoms with Crippen molar-refractivity contribution in [3.63, 3.8) is 0 Å². The van der Waals surface area contributed by atoms with Gasteiger partial charge in [-0.25, -0.2) is 14.6 Å². The molecule has 112 valence electrons. The lowest BCUT2D eigenvalue weighted by Crippen LogP contribution is -2.09. The molecule has 1 N–H and O–H groups in total. The molecule has 1 fully saturated rings. The van der Waals surface area contributed by atoms with E-state index >= 15 is 0 Å². The van der Waals surface area contributed by atoms with Crippen molar-refractivity contribution < 1.29 is 0 Å². The topological polar surface area (TPSA) is 55.6 Å². The number of rotatable bonds is 7. The summed E-state index contributed by atoms with van der Waals surface area (Å²) < 4.78 is 1.88. The highest BCUT2D eigenvalue weighted by Gasteiger charge is 2.26. The second-order valence-electron chi connectivity index (χ2n) is 5.66. The fraction of sp³-hybridized carbons (Fsp3) is 0.562. The standard InChI is InChI=1S/C16H23N5/c1-3-5-14-18-15(17-9-4-2)11-16(19-14)21-10-8-13(20-21)12-6-7-12/h8,10-12H,3-7,9H2,1-2H3,(H,17,18,19). The Bertz CT molecular complexity index is 600. The van der Waals surface area contributed by atoms with Crippen LogP contribution < -0.4 is 5.32 Å². The monoisotopic (exact) mass is 285 g/mol. The lowest BCUT2D eigenvalue weighted by molar-refractivity contribution is 0.771. The first-order chi connectivity index (χ1) is 10.3. The maximum absolute atomic E-state index is 4.66. The second kappa shape index (κ2) is 6.24. The normalized spacial score (nSPS) is 14.4. The Labute approximate surface area is 125 Å². The SMILES string of the molecule is CCCNc1cc(-n2ccc(C3CC3)n2)nc(CCC)n1. The summed E-state index contributed by atoms with van der Waals surface area (Å²) in [5.41, 5.74) is 1.19. The van der Waals surface area contributed by atoms with E-state index in [2.05, 4.69) is 40.3 Å².